The van der Waals surface area contributed by atoms with Crippen LogP contribution in [0, 0.1) is 5.92 Å². The quantitative estimate of drug-likeness (QED) is 0.826. The third-order valence-corrected chi connectivity index (χ3v) is 4.44. The number of piperidine rings is 1. The minimum atomic E-state index is 0.194. The summed E-state index contributed by atoms with van der Waals surface area (Å²) in [6, 6.07) is 8.27. The van der Waals surface area contributed by atoms with Gasteiger partial charge in [-0.2, -0.15) is 0 Å². The highest BCUT2D eigenvalue weighted by Gasteiger charge is 2.28. The van der Waals surface area contributed by atoms with Crippen LogP contribution in [0.4, 0.5) is 0 Å². The standard InChI is InChI=1S/C16H21NO/c18-16(13-7-4-10-17-11-13)15-9-2-1-8-14(15)12-5-3-6-12/h1-2,8-9,12-13,17H,3-7,10-11H2. The second-order valence-corrected chi connectivity index (χ2v) is 5.62. The Morgan fingerprint density at radius 1 is 1.11 bits per heavy atom. The summed E-state index contributed by atoms with van der Waals surface area (Å²) in [5.41, 5.74) is 2.30. The van der Waals surface area contributed by atoms with Gasteiger partial charge in [0.05, 0.1) is 0 Å². The van der Waals surface area contributed by atoms with Crippen LogP contribution >= 0.6 is 0 Å². The molecule has 1 heterocycles. The Bertz CT molecular complexity index is 430. The van der Waals surface area contributed by atoms with Gasteiger partial charge in [0.1, 0.15) is 0 Å². The summed E-state index contributed by atoms with van der Waals surface area (Å²) in [7, 11) is 0. The molecule has 0 amide bonds. The second kappa shape index (κ2) is 5.23. The van der Waals surface area contributed by atoms with Crippen molar-refractivity contribution in [3.63, 3.8) is 0 Å². The van der Waals surface area contributed by atoms with Crippen LogP contribution in [0.5, 0.6) is 0 Å². The van der Waals surface area contributed by atoms with E-state index in [4.69, 9.17) is 0 Å². The number of Topliss-reactive ketones (excluding diaryl/α,β-unsaturated/α-hetero) is 1. The molecular weight excluding hydrogens is 222 g/mol. The van der Waals surface area contributed by atoms with E-state index in [0.29, 0.717) is 11.7 Å². The van der Waals surface area contributed by atoms with Crippen molar-refractivity contribution < 1.29 is 4.79 Å². The lowest BCUT2D eigenvalue weighted by Crippen LogP contribution is -2.35. The molecule has 1 aromatic rings. The van der Waals surface area contributed by atoms with Gasteiger partial charge in [0, 0.05) is 18.0 Å². The first-order valence-electron chi connectivity index (χ1n) is 7.20. The van der Waals surface area contributed by atoms with E-state index in [1.807, 2.05) is 12.1 Å². The molecule has 1 saturated carbocycles. The van der Waals surface area contributed by atoms with Crippen LogP contribution in [0.15, 0.2) is 24.3 Å². The molecule has 2 fully saturated rings. The monoisotopic (exact) mass is 243 g/mol. The van der Waals surface area contributed by atoms with Gasteiger partial charge in [-0.1, -0.05) is 30.7 Å². The van der Waals surface area contributed by atoms with Crippen molar-refractivity contribution in [3.8, 4) is 0 Å². The summed E-state index contributed by atoms with van der Waals surface area (Å²) in [6.07, 6.45) is 6.01. The van der Waals surface area contributed by atoms with Gasteiger partial charge in [-0.25, -0.2) is 0 Å². The number of hydrogen-bond donors (Lipinski definition) is 1. The fraction of sp³-hybridized carbons (Fsp3) is 0.562. The average Bonchev–Trinajstić information content (AvgIpc) is 2.38. The molecule has 96 valence electrons. The maximum absolute atomic E-state index is 12.6. The SMILES string of the molecule is O=C(c1ccccc1C1CCC1)C1CCCNC1. The van der Waals surface area contributed by atoms with Crippen molar-refractivity contribution in [3.05, 3.63) is 35.4 Å². The molecule has 2 nitrogen and oxygen atoms in total. The zero-order chi connectivity index (χ0) is 12.4. The number of ketones is 1. The third kappa shape index (κ3) is 2.22. The molecule has 2 aliphatic rings. The van der Waals surface area contributed by atoms with Gasteiger partial charge in [0.15, 0.2) is 5.78 Å². The molecule has 18 heavy (non-hydrogen) atoms. The highest BCUT2D eigenvalue weighted by atomic mass is 16.1. The van der Waals surface area contributed by atoms with E-state index in [9.17, 15) is 4.79 Å². The maximum Gasteiger partial charge on any atom is 0.167 e. The summed E-state index contributed by atoms with van der Waals surface area (Å²) in [5.74, 6) is 1.20. The van der Waals surface area contributed by atoms with E-state index in [-0.39, 0.29) is 5.92 Å². The molecular formula is C16H21NO. The van der Waals surface area contributed by atoms with Crippen molar-refractivity contribution in [2.75, 3.05) is 13.1 Å². The van der Waals surface area contributed by atoms with E-state index >= 15 is 0 Å². The molecule has 1 aliphatic heterocycles. The minimum Gasteiger partial charge on any atom is -0.316 e. The molecule has 3 rings (SSSR count). The molecule has 0 spiro atoms. The molecule has 1 atom stereocenters. The van der Waals surface area contributed by atoms with E-state index in [2.05, 4.69) is 17.4 Å². The molecule has 0 bridgehead atoms. The number of carbonyl (C=O) groups is 1. The van der Waals surface area contributed by atoms with Crippen LogP contribution in [0.1, 0.15) is 53.9 Å². The highest BCUT2D eigenvalue weighted by molar-refractivity contribution is 5.99. The van der Waals surface area contributed by atoms with Gasteiger partial charge in [-0.05, 0) is 43.7 Å². The van der Waals surface area contributed by atoms with Crippen molar-refractivity contribution in [2.24, 2.45) is 5.92 Å². The van der Waals surface area contributed by atoms with E-state index in [1.165, 1.54) is 24.8 Å². The Morgan fingerprint density at radius 2 is 1.94 bits per heavy atom. The predicted molar refractivity (Wildman–Crippen MR) is 73.0 cm³/mol. The van der Waals surface area contributed by atoms with Crippen LogP contribution < -0.4 is 5.32 Å². The van der Waals surface area contributed by atoms with Crippen LogP contribution in [-0.2, 0) is 0 Å². The van der Waals surface area contributed by atoms with Crippen molar-refractivity contribution in [2.45, 2.75) is 38.0 Å². The summed E-state index contributed by atoms with van der Waals surface area (Å²) in [6.45, 7) is 1.92. The molecule has 1 unspecified atom stereocenters. The largest absolute Gasteiger partial charge is 0.316 e. The molecule has 1 aromatic carbocycles. The maximum atomic E-state index is 12.6. The third-order valence-electron chi connectivity index (χ3n) is 4.44. The van der Waals surface area contributed by atoms with Gasteiger partial charge < -0.3 is 5.32 Å². The number of carbonyl (C=O) groups excluding carboxylic acids is 1. The van der Waals surface area contributed by atoms with Gasteiger partial charge >= 0.3 is 0 Å². The van der Waals surface area contributed by atoms with Crippen molar-refractivity contribution in [1.29, 1.82) is 0 Å². The van der Waals surface area contributed by atoms with Crippen molar-refractivity contribution in [1.82, 2.24) is 5.32 Å². The molecule has 0 radical (unpaired) electrons. The molecule has 0 aromatic heterocycles. The Balaban J connectivity index is 1.83. The fourth-order valence-electron chi connectivity index (χ4n) is 3.09. The summed E-state index contributed by atoms with van der Waals surface area (Å²) < 4.78 is 0. The Labute approximate surface area is 109 Å². The fourth-order valence-corrected chi connectivity index (χ4v) is 3.09. The predicted octanol–water partition coefficient (Wildman–Crippen LogP) is 3.14. The van der Waals surface area contributed by atoms with Crippen LogP contribution in [-0.4, -0.2) is 18.9 Å². The Morgan fingerprint density at radius 3 is 2.61 bits per heavy atom. The van der Waals surface area contributed by atoms with E-state index in [1.54, 1.807) is 0 Å². The van der Waals surface area contributed by atoms with Gasteiger partial charge in [-0.3, -0.25) is 4.79 Å². The lowest BCUT2D eigenvalue weighted by atomic mass is 9.76. The zero-order valence-corrected chi connectivity index (χ0v) is 10.8. The Kier molecular flexibility index (Phi) is 3.46. The first kappa shape index (κ1) is 11.9. The number of hydrogen-bond acceptors (Lipinski definition) is 2. The van der Waals surface area contributed by atoms with Crippen molar-refractivity contribution >= 4 is 5.78 Å². The zero-order valence-electron chi connectivity index (χ0n) is 10.8. The summed E-state index contributed by atoms with van der Waals surface area (Å²) >= 11 is 0. The van der Waals surface area contributed by atoms with Crippen LogP contribution in [0.25, 0.3) is 0 Å². The van der Waals surface area contributed by atoms with Crippen LogP contribution in [0.2, 0.25) is 0 Å². The lowest BCUT2D eigenvalue weighted by molar-refractivity contribution is 0.0897. The van der Waals surface area contributed by atoms with E-state index < -0.39 is 0 Å². The highest BCUT2D eigenvalue weighted by Crippen LogP contribution is 2.38. The molecule has 1 aliphatic carbocycles. The summed E-state index contributed by atoms with van der Waals surface area (Å²) in [4.78, 5) is 12.6. The van der Waals surface area contributed by atoms with Gasteiger partial charge in [0.2, 0.25) is 0 Å². The molecule has 1 saturated heterocycles. The lowest BCUT2D eigenvalue weighted by Gasteiger charge is -2.29. The molecule has 1 N–H and O–H groups in total. The number of benzene rings is 1. The number of rotatable bonds is 3. The van der Waals surface area contributed by atoms with Gasteiger partial charge in [0.25, 0.3) is 0 Å². The Hall–Kier alpha value is -1.15. The molecule has 2 heteroatoms. The number of nitrogens with one attached hydrogen (secondary N) is 1. The first-order chi connectivity index (χ1) is 8.86. The van der Waals surface area contributed by atoms with Gasteiger partial charge in [-0.15, -0.1) is 0 Å². The summed E-state index contributed by atoms with van der Waals surface area (Å²) in [5, 5.41) is 3.34. The first-order valence-corrected chi connectivity index (χ1v) is 7.20. The minimum absolute atomic E-state index is 0.194. The van der Waals surface area contributed by atoms with E-state index in [0.717, 1.165) is 31.5 Å². The topological polar surface area (TPSA) is 29.1 Å². The normalized spacial score (nSPS) is 24.6. The smallest absolute Gasteiger partial charge is 0.167 e. The van der Waals surface area contributed by atoms with Crippen LogP contribution in [0.3, 0.4) is 0 Å². The average molecular weight is 243 g/mol. The second-order valence-electron chi connectivity index (χ2n) is 5.62.